The van der Waals surface area contributed by atoms with Crippen LogP contribution in [0, 0.1) is 5.92 Å². The minimum absolute atomic E-state index is 0.00216. The van der Waals surface area contributed by atoms with Crippen molar-refractivity contribution in [1.82, 2.24) is 74.5 Å². The predicted molar refractivity (Wildman–Crippen MR) is 456 cm³/mol. The standard InChI is InChI=1S/C86H137N17O16/c1-52(2)42-69-84(119)99-86(12,81(116)50-95-56(6)73(108)35-40-91-54(4)71(106)32-31-70(105)53(3)90-39-34-72(107)55(5)92-41-36-74(109)57(7)97-51-98-60(10)83(88)118)38-23-19-17-15-13-14-16-18-22-37-85(11,89)80(115)46-76(111)59(9)94-49-79(114)67(43-61-26-28-63(104)29-27-61)101-102-68(44-62-47-96-65-25-21-20-24-64(62)65)77(112)45-75(110)58(8)93-48-78(113)66(100-103-69)30-33-82(87)117/h15,17,20-21,24-29,47,52-60,66-69,90-98,100-104H,13-14,16,18-19,22-23,30-46,48-51,89H2,1-12H3,(H2,87,117)(H2,88,118)(H,99,119)/t53-,54-,55-,56-,57-,58-,59-,60+,66-,67-,68-,69-,85+,86-/m0/s1. The van der Waals surface area contributed by atoms with Gasteiger partial charge in [0, 0.05) is 81.9 Å². The minimum atomic E-state index is -1.51. The second kappa shape index (κ2) is 53.3. The zero-order valence-corrected chi connectivity index (χ0v) is 72.0. The number of primary amides is 2. The van der Waals surface area contributed by atoms with Gasteiger partial charge in [-0.15, -0.1) is 0 Å². The topological polar surface area (TPSA) is 527 Å². The SMILES string of the molecule is CC(C)C[C@@H]1NN[C@@H](CCC(N)=O)C(=O)CN[C@@H](C)C(=O)CC(=O)[C@H](Cc2c[nH]c3ccccc23)NN[C@@H](Cc2ccc(O)cc2)C(=O)CN[C@@H](C)C(=O)CC(=O)[C@](C)(N)CCCCCCC=CCCC[C@@](C)(C(=O)CN[C@@H](C)C(=O)CCN[C@@H](C)C(=O)CCC(=O)[C@H](C)NCCC(=O)[C@H](C)NCCC(=O)[C@H](C)NCN[C@H](C)C(N)=O)NC1=O. The normalized spacial score (nSPS) is 23.4. The van der Waals surface area contributed by atoms with Gasteiger partial charge in [-0.1, -0.05) is 75.6 Å². The van der Waals surface area contributed by atoms with E-state index in [9.17, 15) is 77.0 Å². The number of aromatic nitrogens is 1. The molecule has 2 heterocycles. The molecule has 0 bridgehead atoms. The molecule has 662 valence electrons. The fourth-order valence-electron chi connectivity index (χ4n) is 13.3. The number of nitrogens with one attached hydrogen (secondary N) is 14. The molecule has 3 amide bonds. The lowest BCUT2D eigenvalue weighted by Gasteiger charge is -2.33. The lowest BCUT2D eigenvalue weighted by Crippen LogP contribution is -2.62. The van der Waals surface area contributed by atoms with E-state index >= 15 is 0 Å². The maximum absolute atomic E-state index is 14.7. The summed E-state index contributed by atoms with van der Waals surface area (Å²) in [6, 6.07) is 3.40. The van der Waals surface area contributed by atoms with E-state index < -0.39 is 161 Å². The molecule has 0 radical (unpaired) electrons. The molecule has 1 aliphatic rings. The second-order valence-corrected chi connectivity index (χ2v) is 32.8. The Morgan fingerprint density at radius 2 is 0.992 bits per heavy atom. The number of amides is 3. The summed E-state index contributed by atoms with van der Waals surface area (Å²) in [5.41, 5.74) is 28.8. The van der Waals surface area contributed by atoms with Gasteiger partial charge in [0.1, 0.15) is 23.4 Å². The Morgan fingerprint density at radius 1 is 0.513 bits per heavy atom. The number of Topliss-reactive ketones (excluding diaryl/α,β-unsaturated/α-hetero) is 12. The number of hydrogen-bond donors (Lipinski definition) is 18. The van der Waals surface area contributed by atoms with E-state index in [1.807, 2.05) is 50.3 Å². The van der Waals surface area contributed by atoms with E-state index in [-0.39, 0.29) is 151 Å². The van der Waals surface area contributed by atoms with Crippen molar-refractivity contribution in [3.63, 3.8) is 0 Å². The van der Waals surface area contributed by atoms with Gasteiger partial charge in [-0.2, -0.15) is 0 Å². The fourth-order valence-corrected chi connectivity index (χ4v) is 13.3. The third-order valence-corrected chi connectivity index (χ3v) is 22.0. The van der Waals surface area contributed by atoms with Crippen LogP contribution in [0.5, 0.6) is 5.75 Å². The van der Waals surface area contributed by atoms with Crippen molar-refractivity contribution in [2.75, 3.05) is 45.9 Å². The van der Waals surface area contributed by atoms with Crippen LogP contribution in [0.2, 0.25) is 0 Å². The van der Waals surface area contributed by atoms with Gasteiger partial charge >= 0.3 is 0 Å². The van der Waals surface area contributed by atoms with Crippen LogP contribution >= 0.6 is 0 Å². The third-order valence-electron chi connectivity index (χ3n) is 22.0. The number of hydrogen-bond acceptors (Lipinski definition) is 29. The van der Waals surface area contributed by atoms with Crippen molar-refractivity contribution in [1.29, 1.82) is 0 Å². The number of para-hydroxylation sites is 1. The number of ketones is 12. The highest BCUT2D eigenvalue weighted by atomic mass is 16.3. The van der Waals surface area contributed by atoms with Crippen molar-refractivity contribution in [2.24, 2.45) is 23.1 Å². The summed E-state index contributed by atoms with van der Waals surface area (Å²) >= 11 is 0. The van der Waals surface area contributed by atoms with Crippen LogP contribution in [0.15, 0.2) is 66.9 Å². The number of aromatic amines is 1. The van der Waals surface area contributed by atoms with Gasteiger partial charge in [0.2, 0.25) is 17.7 Å². The summed E-state index contributed by atoms with van der Waals surface area (Å²) in [5.74, 6) is -6.35. The smallest absolute Gasteiger partial charge is 0.239 e. The number of benzene rings is 2. The molecule has 0 aliphatic carbocycles. The van der Waals surface area contributed by atoms with Gasteiger partial charge in [-0.25, -0.2) is 21.7 Å². The number of H-pyrrole nitrogens is 1. The molecule has 33 nitrogen and oxygen atoms in total. The molecule has 0 saturated heterocycles. The van der Waals surface area contributed by atoms with E-state index in [1.54, 1.807) is 80.6 Å². The van der Waals surface area contributed by atoms with Crippen LogP contribution in [0.4, 0.5) is 0 Å². The average Bonchev–Trinajstić information content (AvgIpc) is 1.75. The van der Waals surface area contributed by atoms with Crippen LogP contribution in [0.3, 0.4) is 0 Å². The third kappa shape index (κ3) is 38.4. The highest BCUT2D eigenvalue weighted by molar-refractivity contribution is 6.06. The molecular weight excluding hydrogens is 1530 g/mol. The Bertz CT molecular complexity index is 3880. The minimum Gasteiger partial charge on any atom is -0.508 e. The number of rotatable bonds is 38. The summed E-state index contributed by atoms with van der Waals surface area (Å²) in [6.45, 7) is 19.6. The number of phenolic OH excluding ortho intramolecular Hbond substituents is 1. The molecule has 1 aromatic heterocycles. The first-order valence-electron chi connectivity index (χ1n) is 42.1. The monoisotopic (exact) mass is 1660 g/mol. The van der Waals surface area contributed by atoms with Crippen LogP contribution in [0.1, 0.15) is 216 Å². The highest BCUT2D eigenvalue weighted by Gasteiger charge is 2.38. The molecule has 0 fully saturated rings. The molecule has 119 heavy (non-hydrogen) atoms. The summed E-state index contributed by atoms with van der Waals surface area (Å²) in [5, 5.41) is 37.9. The maximum Gasteiger partial charge on any atom is 0.239 e. The fraction of sp³-hybridized carbons (Fsp3) is 0.640. The van der Waals surface area contributed by atoms with Crippen LogP contribution in [-0.2, 0) is 84.8 Å². The highest BCUT2D eigenvalue weighted by Crippen LogP contribution is 2.23. The molecule has 2 aromatic carbocycles. The first-order valence-corrected chi connectivity index (χ1v) is 42.1. The predicted octanol–water partition coefficient (Wildman–Crippen LogP) is 2.13. The number of nitrogens with two attached hydrogens (primary N) is 3. The Balaban J connectivity index is 1.45. The maximum atomic E-state index is 14.7. The molecule has 14 atom stereocenters. The summed E-state index contributed by atoms with van der Waals surface area (Å²) in [4.78, 5) is 206. The van der Waals surface area contributed by atoms with E-state index in [0.717, 1.165) is 42.1 Å². The van der Waals surface area contributed by atoms with Crippen molar-refractivity contribution < 1.29 is 77.0 Å². The number of carbonyl (C=O) groups is 15. The zero-order chi connectivity index (χ0) is 88.5. The zero-order valence-electron chi connectivity index (χ0n) is 72.0. The van der Waals surface area contributed by atoms with Gasteiger partial charge < -0.3 is 64.5 Å². The lowest BCUT2D eigenvalue weighted by atomic mass is 9.87. The Morgan fingerprint density at radius 3 is 1.55 bits per heavy atom. The lowest BCUT2D eigenvalue weighted by molar-refractivity contribution is -0.133. The number of hydrazine groups is 2. The molecule has 4 rings (SSSR count). The van der Waals surface area contributed by atoms with E-state index in [4.69, 9.17) is 17.2 Å². The first-order chi connectivity index (χ1) is 56.2. The Hall–Kier alpha value is -8.55. The quantitative estimate of drug-likeness (QED) is 0.0222. The van der Waals surface area contributed by atoms with Gasteiger partial charge in [-0.05, 0) is 169 Å². The number of allylic oxidation sites excluding steroid dienone is 2. The summed E-state index contributed by atoms with van der Waals surface area (Å²) in [7, 11) is 0. The Kier molecular flexibility index (Phi) is 46.0. The number of fused-ring (bicyclic) bond motifs is 1. The first kappa shape index (κ1) is 103. The van der Waals surface area contributed by atoms with Crippen molar-refractivity contribution in [2.45, 2.75) is 302 Å². The largest absolute Gasteiger partial charge is 0.508 e. The molecule has 33 heteroatoms. The number of carbonyl (C=O) groups excluding carboxylic acids is 15. The molecule has 0 unspecified atom stereocenters. The number of aromatic hydroxyl groups is 1. The van der Waals surface area contributed by atoms with Crippen LogP contribution in [0.25, 0.3) is 10.9 Å². The summed E-state index contributed by atoms with van der Waals surface area (Å²) < 4.78 is 0. The molecule has 0 saturated carbocycles. The number of phenols is 1. The molecular formula is C86H137N17O16. The van der Waals surface area contributed by atoms with E-state index in [0.29, 0.717) is 31.2 Å². The van der Waals surface area contributed by atoms with Gasteiger partial charge in [0.05, 0.1) is 110 Å². The van der Waals surface area contributed by atoms with Gasteiger partial charge in [-0.3, -0.25) is 82.6 Å². The molecule has 1 aliphatic heterocycles. The second-order valence-electron chi connectivity index (χ2n) is 32.8. The van der Waals surface area contributed by atoms with E-state index in [1.165, 1.54) is 19.1 Å². The van der Waals surface area contributed by atoms with Crippen molar-refractivity contribution in [3.05, 3.63) is 78.0 Å². The summed E-state index contributed by atoms with van der Waals surface area (Å²) in [6.07, 6.45) is 9.99. The molecule has 3 aromatic rings. The average molecular weight is 1670 g/mol. The molecule has 21 N–H and O–H groups in total. The Labute approximate surface area is 700 Å². The van der Waals surface area contributed by atoms with Crippen LogP contribution < -0.4 is 86.8 Å². The van der Waals surface area contributed by atoms with E-state index in [2.05, 4.69) is 74.5 Å². The molecule has 0 spiro atoms. The van der Waals surface area contributed by atoms with Crippen molar-refractivity contribution >= 4 is 98.0 Å². The van der Waals surface area contributed by atoms with Crippen molar-refractivity contribution in [3.8, 4) is 5.75 Å². The van der Waals surface area contributed by atoms with Gasteiger partial charge in [0.15, 0.2) is 57.8 Å². The van der Waals surface area contributed by atoms with Crippen LogP contribution in [-0.4, -0.2) is 227 Å². The van der Waals surface area contributed by atoms with Gasteiger partial charge in [0.25, 0.3) is 0 Å².